The molecule has 1 aromatic rings. The number of rotatable bonds is 7. The van der Waals surface area contributed by atoms with Crippen LogP contribution in [0.1, 0.15) is 37.8 Å². The van der Waals surface area contributed by atoms with E-state index < -0.39 is 12.0 Å². The van der Waals surface area contributed by atoms with E-state index in [4.69, 9.17) is 10.5 Å². The Hall–Kier alpha value is -1.88. The van der Waals surface area contributed by atoms with E-state index in [1.54, 1.807) is 24.3 Å². The van der Waals surface area contributed by atoms with Crippen LogP contribution in [0.3, 0.4) is 0 Å². The van der Waals surface area contributed by atoms with E-state index in [-0.39, 0.29) is 18.4 Å². The van der Waals surface area contributed by atoms with Crippen LogP contribution in [0.2, 0.25) is 0 Å². The Labute approximate surface area is 119 Å². The molecule has 3 N–H and O–H groups in total. The average molecular weight is 278 g/mol. The molecule has 0 aliphatic carbocycles. The first-order valence-corrected chi connectivity index (χ1v) is 6.76. The summed E-state index contributed by atoms with van der Waals surface area (Å²) in [5, 5.41) is 2.68. The molecule has 20 heavy (non-hydrogen) atoms. The predicted octanol–water partition coefficient (Wildman–Crippen LogP) is 1.53. The number of amides is 1. The van der Waals surface area contributed by atoms with E-state index in [1.165, 1.54) is 7.11 Å². The molecule has 1 amide bonds. The van der Waals surface area contributed by atoms with E-state index in [0.717, 1.165) is 12.8 Å². The summed E-state index contributed by atoms with van der Waals surface area (Å²) in [6, 6.07) is 8.02. The molecule has 0 aliphatic heterocycles. The van der Waals surface area contributed by atoms with Gasteiger partial charge in [-0.3, -0.25) is 4.79 Å². The third-order valence-electron chi connectivity index (χ3n) is 2.98. The Kier molecular flexibility index (Phi) is 6.73. The van der Waals surface area contributed by atoms with Crippen LogP contribution in [0.5, 0.6) is 0 Å². The highest BCUT2D eigenvalue weighted by molar-refractivity contribution is 5.85. The van der Waals surface area contributed by atoms with Gasteiger partial charge in [-0.2, -0.15) is 0 Å². The van der Waals surface area contributed by atoms with Crippen LogP contribution in [0.15, 0.2) is 30.3 Å². The Morgan fingerprint density at radius 1 is 1.30 bits per heavy atom. The van der Waals surface area contributed by atoms with Crippen molar-refractivity contribution in [3.8, 4) is 0 Å². The molecule has 0 fully saturated rings. The zero-order chi connectivity index (χ0) is 15.0. The van der Waals surface area contributed by atoms with Crippen LogP contribution >= 0.6 is 0 Å². The van der Waals surface area contributed by atoms with Gasteiger partial charge in [-0.05, 0) is 12.0 Å². The van der Waals surface area contributed by atoms with Crippen molar-refractivity contribution in [1.82, 2.24) is 5.32 Å². The summed E-state index contributed by atoms with van der Waals surface area (Å²) in [5.74, 6) is -0.737. The topological polar surface area (TPSA) is 81.4 Å². The van der Waals surface area contributed by atoms with Crippen molar-refractivity contribution in [2.24, 2.45) is 5.73 Å². The highest BCUT2D eigenvalue weighted by atomic mass is 16.5. The number of methoxy groups -OCH3 is 1. The van der Waals surface area contributed by atoms with Crippen LogP contribution in [0, 0.1) is 0 Å². The summed E-state index contributed by atoms with van der Waals surface area (Å²) in [5.41, 5.74) is 6.52. The quantitative estimate of drug-likeness (QED) is 0.741. The van der Waals surface area contributed by atoms with Crippen LogP contribution in [0.25, 0.3) is 0 Å². The van der Waals surface area contributed by atoms with Crippen molar-refractivity contribution >= 4 is 11.9 Å². The standard InChI is InChI=1S/C15H22N2O3/c1-3-7-12(16)10-13(18)17-14(15(19)20-2)11-8-5-4-6-9-11/h4-6,8-9,12,14H,3,7,10,16H2,1-2H3,(H,17,18). The van der Waals surface area contributed by atoms with Gasteiger partial charge in [0.05, 0.1) is 7.11 Å². The van der Waals surface area contributed by atoms with Gasteiger partial charge in [0.2, 0.25) is 5.91 Å². The van der Waals surface area contributed by atoms with Crippen molar-refractivity contribution < 1.29 is 14.3 Å². The van der Waals surface area contributed by atoms with Gasteiger partial charge in [0.1, 0.15) is 0 Å². The highest BCUT2D eigenvalue weighted by Crippen LogP contribution is 2.14. The van der Waals surface area contributed by atoms with E-state index in [0.29, 0.717) is 5.56 Å². The van der Waals surface area contributed by atoms with Crippen molar-refractivity contribution in [2.45, 2.75) is 38.3 Å². The summed E-state index contributed by atoms with van der Waals surface area (Å²) in [6.07, 6.45) is 1.91. The third-order valence-corrected chi connectivity index (χ3v) is 2.98. The fourth-order valence-electron chi connectivity index (χ4n) is 1.97. The van der Waals surface area contributed by atoms with Gasteiger partial charge in [-0.15, -0.1) is 0 Å². The second kappa shape index (κ2) is 8.32. The summed E-state index contributed by atoms with van der Waals surface area (Å²) >= 11 is 0. The molecule has 5 nitrogen and oxygen atoms in total. The number of nitrogens with two attached hydrogens (primary N) is 1. The Bertz CT molecular complexity index is 434. The van der Waals surface area contributed by atoms with Gasteiger partial charge in [0.25, 0.3) is 0 Å². The van der Waals surface area contributed by atoms with E-state index in [9.17, 15) is 9.59 Å². The van der Waals surface area contributed by atoms with Crippen molar-refractivity contribution in [3.05, 3.63) is 35.9 Å². The molecule has 0 aliphatic rings. The lowest BCUT2D eigenvalue weighted by Gasteiger charge is -2.18. The van der Waals surface area contributed by atoms with Crippen LogP contribution in [-0.2, 0) is 14.3 Å². The fourth-order valence-corrected chi connectivity index (χ4v) is 1.97. The molecule has 0 aromatic heterocycles. The van der Waals surface area contributed by atoms with Gasteiger partial charge >= 0.3 is 5.97 Å². The maximum absolute atomic E-state index is 11.9. The zero-order valence-electron chi connectivity index (χ0n) is 12.0. The number of benzene rings is 1. The second-order valence-electron chi connectivity index (χ2n) is 4.69. The number of esters is 1. The van der Waals surface area contributed by atoms with Gasteiger partial charge in [-0.1, -0.05) is 43.7 Å². The molecule has 0 heterocycles. The second-order valence-corrected chi connectivity index (χ2v) is 4.69. The smallest absolute Gasteiger partial charge is 0.333 e. The molecule has 0 bridgehead atoms. The molecular formula is C15H22N2O3. The molecule has 1 aromatic carbocycles. The first kappa shape index (κ1) is 16.2. The Morgan fingerprint density at radius 2 is 1.95 bits per heavy atom. The first-order chi connectivity index (χ1) is 9.58. The monoisotopic (exact) mass is 278 g/mol. The Balaban J connectivity index is 2.71. The van der Waals surface area contributed by atoms with Gasteiger partial charge in [0.15, 0.2) is 6.04 Å². The molecule has 110 valence electrons. The SMILES string of the molecule is CCCC(N)CC(=O)NC(C(=O)OC)c1ccccc1. The van der Waals surface area contributed by atoms with Crippen molar-refractivity contribution in [2.75, 3.05) is 7.11 Å². The number of carbonyl (C=O) groups is 2. The Morgan fingerprint density at radius 3 is 2.50 bits per heavy atom. The van der Waals surface area contributed by atoms with Gasteiger partial charge in [-0.25, -0.2) is 4.79 Å². The number of carbonyl (C=O) groups excluding carboxylic acids is 2. The average Bonchev–Trinajstić information content (AvgIpc) is 2.45. The lowest BCUT2D eigenvalue weighted by molar-refractivity contribution is -0.145. The summed E-state index contributed by atoms with van der Waals surface area (Å²) in [6.45, 7) is 2.01. The normalized spacial score (nSPS) is 13.3. The molecule has 0 radical (unpaired) electrons. The zero-order valence-corrected chi connectivity index (χ0v) is 12.0. The number of ether oxygens (including phenoxy) is 1. The summed E-state index contributed by atoms with van der Waals surface area (Å²) in [4.78, 5) is 23.7. The van der Waals surface area contributed by atoms with Crippen molar-refractivity contribution in [1.29, 1.82) is 0 Å². The number of hydrogen-bond acceptors (Lipinski definition) is 4. The summed E-state index contributed by atoms with van der Waals surface area (Å²) < 4.78 is 4.74. The minimum Gasteiger partial charge on any atom is -0.467 e. The first-order valence-electron chi connectivity index (χ1n) is 6.76. The molecule has 2 atom stereocenters. The van der Waals surface area contributed by atoms with Gasteiger partial charge in [0, 0.05) is 12.5 Å². The fraction of sp³-hybridized carbons (Fsp3) is 0.467. The third kappa shape index (κ3) is 5.01. The van der Waals surface area contributed by atoms with Gasteiger partial charge < -0.3 is 15.8 Å². The molecule has 0 saturated heterocycles. The lowest BCUT2D eigenvalue weighted by Crippen LogP contribution is -2.37. The van der Waals surface area contributed by atoms with E-state index >= 15 is 0 Å². The number of nitrogens with one attached hydrogen (secondary N) is 1. The van der Waals surface area contributed by atoms with Crippen molar-refractivity contribution in [3.63, 3.8) is 0 Å². The molecule has 5 heteroatoms. The van der Waals surface area contributed by atoms with Crippen LogP contribution in [-0.4, -0.2) is 25.0 Å². The lowest BCUT2D eigenvalue weighted by atomic mass is 10.1. The van der Waals surface area contributed by atoms with Crippen LogP contribution < -0.4 is 11.1 Å². The molecule has 2 unspecified atom stereocenters. The maximum Gasteiger partial charge on any atom is 0.333 e. The minimum absolute atomic E-state index is 0.186. The summed E-state index contributed by atoms with van der Waals surface area (Å²) in [7, 11) is 1.30. The molecular weight excluding hydrogens is 256 g/mol. The van der Waals surface area contributed by atoms with E-state index in [2.05, 4.69) is 5.32 Å². The van der Waals surface area contributed by atoms with E-state index in [1.807, 2.05) is 13.0 Å². The molecule has 0 saturated carbocycles. The number of hydrogen-bond donors (Lipinski definition) is 2. The minimum atomic E-state index is -0.789. The maximum atomic E-state index is 11.9. The highest BCUT2D eigenvalue weighted by Gasteiger charge is 2.23. The largest absolute Gasteiger partial charge is 0.467 e. The predicted molar refractivity (Wildman–Crippen MR) is 76.8 cm³/mol. The molecule has 0 spiro atoms. The van der Waals surface area contributed by atoms with Crippen LogP contribution in [0.4, 0.5) is 0 Å². The molecule has 1 rings (SSSR count).